The van der Waals surface area contributed by atoms with Crippen LogP contribution in [-0.2, 0) is 0 Å². The maximum Gasteiger partial charge on any atom is 0.0811 e. The Morgan fingerprint density at radius 2 is 1.04 bits per heavy atom. The minimum atomic E-state index is -0.587. The van der Waals surface area contributed by atoms with E-state index in [-0.39, 0.29) is 0 Å². The molecule has 2 fully saturated rings. The highest BCUT2D eigenvalue weighted by molar-refractivity contribution is 5.38. The molecule has 0 radical (unpaired) electrons. The van der Waals surface area contributed by atoms with E-state index in [1.807, 2.05) is 52.0 Å². The Balaban J connectivity index is 0.000000280. The van der Waals surface area contributed by atoms with Gasteiger partial charge in [0.2, 0.25) is 0 Å². The zero-order valence-corrected chi connectivity index (χ0v) is 17.7. The molecule has 28 heavy (non-hydrogen) atoms. The summed E-state index contributed by atoms with van der Waals surface area (Å²) in [4.78, 5) is 0. The minimum absolute atomic E-state index is 0.408. The molecule has 4 nitrogen and oxygen atoms in total. The second-order valence-corrected chi connectivity index (χ2v) is 8.14. The SMILES string of the molecule is C=C1/C(=C\C=C(C)C)CC(O)CC1O.C=C1/C(=C\C=C(C)C)CC(O)CC1O. The summed E-state index contributed by atoms with van der Waals surface area (Å²) in [6.07, 6.45) is 7.78. The van der Waals surface area contributed by atoms with Crippen LogP contribution in [0.2, 0.25) is 0 Å². The van der Waals surface area contributed by atoms with Crippen molar-refractivity contribution >= 4 is 0 Å². The van der Waals surface area contributed by atoms with Crippen molar-refractivity contribution in [2.24, 2.45) is 0 Å². The quantitative estimate of drug-likeness (QED) is 0.578. The van der Waals surface area contributed by atoms with Crippen molar-refractivity contribution in [1.29, 1.82) is 0 Å². The van der Waals surface area contributed by atoms with Gasteiger partial charge in [-0.3, -0.25) is 0 Å². The maximum absolute atomic E-state index is 9.56. The maximum atomic E-state index is 9.56. The van der Waals surface area contributed by atoms with Crippen molar-refractivity contribution in [2.75, 3.05) is 0 Å². The van der Waals surface area contributed by atoms with Crippen LogP contribution in [-0.4, -0.2) is 44.8 Å². The third-order valence-electron chi connectivity index (χ3n) is 4.77. The Labute approximate surface area is 169 Å². The fraction of sp³-hybridized carbons (Fsp3) is 0.500. The second kappa shape index (κ2) is 11.3. The molecule has 4 atom stereocenters. The van der Waals surface area contributed by atoms with Gasteiger partial charge in [-0.25, -0.2) is 0 Å². The van der Waals surface area contributed by atoms with E-state index in [1.165, 1.54) is 11.1 Å². The summed E-state index contributed by atoms with van der Waals surface area (Å²) in [5.41, 5.74) is 5.79. The highest BCUT2D eigenvalue weighted by atomic mass is 16.3. The predicted octanol–water partition coefficient (Wildman–Crippen LogP) is 3.90. The van der Waals surface area contributed by atoms with E-state index in [4.69, 9.17) is 0 Å². The number of hydrogen-bond acceptors (Lipinski definition) is 4. The summed E-state index contributed by atoms with van der Waals surface area (Å²) in [7, 11) is 0. The number of rotatable bonds is 2. The van der Waals surface area contributed by atoms with E-state index in [9.17, 15) is 20.4 Å². The first kappa shape index (κ1) is 24.3. The number of hydrogen-bond donors (Lipinski definition) is 4. The molecule has 4 N–H and O–H groups in total. The molecular formula is C24H36O4. The van der Waals surface area contributed by atoms with E-state index in [1.54, 1.807) is 0 Å². The molecule has 0 saturated heterocycles. The van der Waals surface area contributed by atoms with Crippen molar-refractivity contribution in [3.8, 4) is 0 Å². The Bertz CT molecular complexity index is 625. The van der Waals surface area contributed by atoms with Crippen molar-refractivity contribution in [3.05, 3.63) is 70.9 Å². The normalized spacial score (nSPS) is 30.6. The molecule has 4 unspecified atom stereocenters. The summed E-state index contributed by atoms with van der Waals surface area (Å²) in [5, 5.41) is 38.1. The number of allylic oxidation sites excluding steroid dienone is 6. The van der Waals surface area contributed by atoms with E-state index in [0.29, 0.717) is 25.7 Å². The number of aliphatic hydroxyl groups is 4. The molecule has 2 saturated carbocycles. The molecule has 0 bridgehead atoms. The molecule has 2 aliphatic carbocycles. The topological polar surface area (TPSA) is 80.9 Å². The average molecular weight is 389 g/mol. The van der Waals surface area contributed by atoms with E-state index in [0.717, 1.165) is 22.3 Å². The van der Waals surface area contributed by atoms with Gasteiger partial charge in [-0.15, -0.1) is 0 Å². The lowest BCUT2D eigenvalue weighted by Crippen LogP contribution is -2.26. The lowest BCUT2D eigenvalue weighted by Gasteiger charge is -2.26. The van der Waals surface area contributed by atoms with Crippen LogP contribution in [0.5, 0.6) is 0 Å². The third kappa shape index (κ3) is 8.11. The molecule has 0 aromatic carbocycles. The fourth-order valence-corrected chi connectivity index (χ4v) is 3.05. The van der Waals surface area contributed by atoms with Crippen LogP contribution in [0.4, 0.5) is 0 Å². The van der Waals surface area contributed by atoms with Crippen LogP contribution >= 0.6 is 0 Å². The van der Waals surface area contributed by atoms with Gasteiger partial charge in [0.05, 0.1) is 24.4 Å². The highest BCUT2D eigenvalue weighted by Crippen LogP contribution is 2.29. The second-order valence-electron chi connectivity index (χ2n) is 8.14. The van der Waals surface area contributed by atoms with Gasteiger partial charge in [0, 0.05) is 12.8 Å². The predicted molar refractivity (Wildman–Crippen MR) is 116 cm³/mol. The van der Waals surface area contributed by atoms with Gasteiger partial charge in [0.15, 0.2) is 0 Å². The van der Waals surface area contributed by atoms with Gasteiger partial charge in [-0.2, -0.15) is 0 Å². The van der Waals surface area contributed by atoms with E-state index >= 15 is 0 Å². The van der Waals surface area contributed by atoms with Crippen LogP contribution in [0.25, 0.3) is 0 Å². The molecule has 0 heterocycles. The first-order valence-corrected chi connectivity index (χ1v) is 9.80. The standard InChI is InChI=1S/2C12H18O2/c2*1-8(2)4-5-10-6-11(13)7-12(14)9(10)3/h2*4-5,11-14H,3,6-7H2,1-2H3/b2*10-5-. The van der Waals surface area contributed by atoms with Gasteiger partial charge < -0.3 is 20.4 Å². The van der Waals surface area contributed by atoms with E-state index < -0.39 is 24.4 Å². The van der Waals surface area contributed by atoms with Crippen LogP contribution in [0.1, 0.15) is 53.4 Å². The smallest absolute Gasteiger partial charge is 0.0811 e. The van der Waals surface area contributed by atoms with Crippen LogP contribution in [0.15, 0.2) is 70.9 Å². The summed E-state index contributed by atoms with van der Waals surface area (Å²) < 4.78 is 0. The molecule has 0 amide bonds. The Morgan fingerprint density at radius 3 is 1.32 bits per heavy atom. The van der Waals surface area contributed by atoms with Gasteiger partial charge in [0.1, 0.15) is 0 Å². The Kier molecular flexibility index (Phi) is 9.83. The number of aliphatic hydroxyl groups excluding tert-OH is 4. The molecule has 0 spiro atoms. The van der Waals surface area contributed by atoms with Crippen LogP contribution < -0.4 is 0 Å². The van der Waals surface area contributed by atoms with Gasteiger partial charge in [-0.1, -0.05) is 48.6 Å². The molecular weight excluding hydrogens is 352 g/mol. The monoisotopic (exact) mass is 388 g/mol. The lowest BCUT2D eigenvalue weighted by atomic mass is 9.86. The third-order valence-corrected chi connectivity index (χ3v) is 4.77. The van der Waals surface area contributed by atoms with Crippen LogP contribution in [0, 0.1) is 0 Å². The summed E-state index contributed by atoms with van der Waals surface area (Å²) in [6.45, 7) is 15.7. The Morgan fingerprint density at radius 1 is 0.714 bits per heavy atom. The summed E-state index contributed by atoms with van der Waals surface area (Å²) >= 11 is 0. The molecule has 0 aromatic rings. The molecule has 4 heteroatoms. The molecule has 0 aromatic heterocycles. The average Bonchev–Trinajstić information content (AvgIpc) is 2.59. The lowest BCUT2D eigenvalue weighted by molar-refractivity contribution is 0.0856. The molecule has 156 valence electrons. The molecule has 2 rings (SSSR count). The zero-order chi connectivity index (χ0) is 21.4. The molecule has 0 aliphatic heterocycles. The highest BCUT2D eigenvalue weighted by Gasteiger charge is 2.25. The summed E-state index contributed by atoms with van der Waals surface area (Å²) in [5.74, 6) is 0. The van der Waals surface area contributed by atoms with Crippen molar-refractivity contribution in [3.63, 3.8) is 0 Å². The largest absolute Gasteiger partial charge is 0.393 e. The van der Waals surface area contributed by atoms with Crippen LogP contribution in [0.3, 0.4) is 0 Å². The first-order chi connectivity index (χ1) is 13.0. The van der Waals surface area contributed by atoms with Gasteiger partial charge in [0.25, 0.3) is 0 Å². The Hall–Kier alpha value is -1.72. The van der Waals surface area contributed by atoms with Crippen molar-refractivity contribution < 1.29 is 20.4 Å². The zero-order valence-electron chi connectivity index (χ0n) is 17.7. The summed E-state index contributed by atoms with van der Waals surface area (Å²) in [6, 6.07) is 0. The minimum Gasteiger partial charge on any atom is -0.393 e. The van der Waals surface area contributed by atoms with E-state index in [2.05, 4.69) is 13.2 Å². The van der Waals surface area contributed by atoms with Crippen molar-refractivity contribution in [2.45, 2.75) is 77.8 Å². The first-order valence-electron chi connectivity index (χ1n) is 9.80. The fourth-order valence-electron chi connectivity index (χ4n) is 3.05. The van der Waals surface area contributed by atoms with Gasteiger partial charge in [-0.05, 0) is 62.8 Å². The molecule has 2 aliphatic rings. The van der Waals surface area contributed by atoms with Crippen molar-refractivity contribution in [1.82, 2.24) is 0 Å². The van der Waals surface area contributed by atoms with Gasteiger partial charge >= 0.3 is 0 Å².